The lowest BCUT2D eigenvalue weighted by Gasteiger charge is -2.00. The van der Waals surface area contributed by atoms with Crippen LogP contribution in [0.15, 0.2) is 42.7 Å². The first-order valence-corrected chi connectivity index (χ1v) is 6.49. The molecule has 0 aliphatic carbocycles. The van der Waals surface area contributed by atoms with E-state index in [0.717, 1.165) is 11.4 Å². The van der Waals surface area contributed by atoms with Gasteiger partial charge in [-0.15, -0.1) is 0 Å². The van der Waals surface area contributed by atoms with Crippen LogP contribution in [0.2, 0.25) is 0 Å². The number of nitrogen functional groups attached to an aromatic ring is 1. The second-order valence-corrected chi connectivity index (χ2v) is 4.74. The number of nitrogens with zero attached hydrogens (tertiary/aromatic N) is 2. The minimum Gasteiger partial charge on any atom is -0.399 e. The Labute approximate surface area is 99.4 Å². The largest absolute Gasteiger partial charge is 0.399 e. The van der Waals surface area contributed by atoms with E-state index in [2.05, 4.69) is 5.10 Å². The molecule has 2 aromatic rings. The topological polar surface area (TPSA) is 98.2 Å². The fourth-order valence-corrected chi connectivity index (χ4v) is 1.09. The zero-order chi connectivity index (χ0) is 12.9. The number of benzene rings is 1. The van der Waals surface area contributed by atoms with Crippen molar-refractivity contribution in [1.29, 1.82) is 0 Å². The molecule has 0 unspecified atom stereocenters. The van der Waals surface area contributed by atoms with E-state index in [1.54, 1.807) is 10.9 Å². The van der Waals surface area contributed by atoms with Gasteiger partial charge in [-0.2, -0.15) is 13.5 Å². The van der Waals surface area contributed by atoms with Crippen LogP contribution in [0.1, 0.15) is 0 Å². The lowest BCUT2D eigenvalue weighted by molar-refractivity contribution is 0.490. The van der Waals surface area contributed by atoms with E-state index in [9.17, 15) is 8.42 Å². The van der Waals surface area contributed by atoms with Crippen LogP contribution < -0.4 is 5.73 Å². The Balaban J connectivity index is 0.000000249. The van der Waals surface area contributed by atoms with E-state index >= 15 is 0 Å². The van der Waals surface area contributed by atoms with Gasteiger partial charge in [0.15, 0.2) is 0 Å². The SMILES string of the molecule is CS(=O)(=O)O.Nc1cccc(-n2cccn2)c1. The average Bonchev–Trinajstić information content (AvgIpc) is 2.67. The van der Waals surface area contributed by atoms with Gasteiger partial charge in [-0.1, -0.05) is 6.07 Å². The van der Waals surface area contributed by atoms with E-state index in [1.165, 1.54) is 0 Å². The number of nitrogens with two attached hydrogens (primary N) is 1. The van der Waals surface area contributed by atoms with Gasteiger partial charge in [0.2, 0.25) is 0 Å². The van der Waals surface area contributed by atoms with E-state index in [0.29, 0.717) is 6.26 Å². The van der Waals surface area contributed by atoms with Crippen LogP contribution in [0, 0.1) is 0 Å². The van der Waals surface area contributed by atoms with Gasteiger partial charge in [0.25, 0.3) is 10.1 Å². The molecule has 0 spiro atoms. The van der Waals surface area contributed by atoms with Crippen molar-refractivity contribution in [2.24, 2.45) is 0 Å². The molecule has 0 amide bonds. The van der Waals surface area contributed by atoms with E-state index in [-0.39, 0.29) is 0 Å². The van der Waals surface area contributed by atoms with Crippen molar-refractivity contribution in [3.8, 4) is 5.69 Å². The van der Waals surface area contributed by atoms with Gasteiger partial charge < -0.3 is 5.73 Å². The predicted molar refractivity (Wildman–Crippen MR) is 65.4 cm³/mol. The summed E-state index contributed by atoms with van der Waals surface area (Å²) in [4.78, 5) is 0. The molecule has 0 radical (unpaired) electrons. The van der Waals surface area contributed by atoms with E-state index < -0.39 is 10.1 Å². The monoisotopic (exact) mass is 255 g/mol. The van der Waals surface area contributed by atoms with Crippen LogP contribution in [0.5, 0.6) is 0 Å². The van der Waals surface area contributed by atoms with Crippen LogP contribution in [0.3, 0.4) is 0 Å². The van der Waals surface area contributed by atoms with Gasteiger partial charge in [0.1, 0.15) is 0 Å². The second kappa shape index (κ2) is 5.46. The highest BCUT2D eigenvalue weighted by Gasteiger charge is 1.94. The molecule has 2 rings (SSSR count). The Morgan fingerprint density at radius 3 is 2.47 bits per heavy atom. The molecule has 1 heterocycles. The molecule has 6 nitrogen and oxygen atoms in total. The Hall–Kier alpha value is -1.86. The summed E-state index contributed by atoms with van der Waals surface area (Å²) in [6, 6.07) is 9.49. The Morgan fingerprint density at radius 2 is 2.00 bits per heavy atom. The Morgan fingerprint density at radius 1 is 1.35 bits per heavy atom. The third-order valence-corrected chi connectivity index (χ3v) is 1.64. The molecule has 1 aromatic heterocycles. The summed E-state index contributed by atoms with van der Waals surface area (Å²) in [5, 5.41) is 4.09. The molecular formula is C10H13N3O3S. The number of hydrogen-bond acceptors (Lipinski definition) is 4. The maximum absolute atomic E-state index is 9.19. The smallest absolute Gasteiger partial charge is 0.261 e. The molecule has 0 saturated heterocycles. The van der Waals surface area contributed by atoms with Crippen LogP contribution in [-0.4, -0.2) is 29.0 Å². The second-order valence-electron chi connectivity index (χ2n) is 3.28. The number of aromatic nitrogens is 2. The summed E-state index contributed by atoms with van der Waals surface area (Å²) < 4.78 is 27.6. The van der Waals surface area contributed by atoms with Crippen molar-refractivity contribution in [2.75, 3.05) is 12.0 Å². The van der Waals surface area contributed by atoms with Crippen molar-refractivity contribution in [2.45, 2.75) is 0 Å². The third kappa shape index (κ3) is 5.69. The minimum absolute atomic E-state index is 0.715. The summed E-state index contributed by atoms with van der Waals surface area (Å²) in [6.45, 7) is 0. The van der Waals surface area contributed by atoms with Crippen molar-refractivity contribution in [3.05, 3.63) is 42.7 Å². The third-order valence-electron chi connectivity index (χ3n) is 1.64. The normalized spacial score (nSPS) is 10.5. The highest BCUT2D eigenvalue weighted by atomic mass is 32.2. The lowest BCUT2D eigenvalue weighted by atomic mass is 10.3. The molecule has 0 bridgehead atoms. The lowest BCUT2D eigenvalue weighted by Crippen LogP contribution is -1.94. The molecule has 0 aliphatic heterocycles. The fraction of sp³-hybridized carbons (Fsp3) is 0.100. The molecule has 0 atom stereocenters. The molecule has 0 saturated carbocycles. The molecule has 0 fully saturated rings. The fourth-order valence-electron chi connectivity index (χ4n) is 1.09. The van der Waals surface area contributed by atoms with Crippen molar-refractivity contribution in [1.82, 2.24) is 9.78 Å². The number of rotatable bonds is 1. The van der Waals surface area contributed by atoms with Crippen LogP contribution >= 0.6 is 0 Å². The number of hydrogen-bond donors (Lipinski definition) is 2. The summed E-state index contributed by atoms with van der Waals surface area (Å²) in [7, 11) is -3.67. The molecular weight excluding hydrogens is 242 g/mol. The molecule has 7 heteroatoms. The highest BCUT2D eigenvalue weighted by molar-refractivity contribution is 7.85. The zero-order valence-electron chi connectivity index (χ0n) is 9.19. The van der Waals surface area contributed by atoms with Crippen LogP contribution in [0.25, 0.3) is 5.69 Å². The Kier molecular flexibility index (Phi) is 4.24. The average molecular weight is 255 g/mol. The van der Waals surface area contributed by atoms with Crippen LogP contribution in [0.4, 0.5) is 5.69 Å². The van der Waals surface area contributed by atoms with Gasteiger partial charge in [-0.05, 0) is 24.3 Å². The predicted octanol–water partition coefficient (Wildman–Crippen LogP) is 0.959. The first kappa shape index (κ1) is 13.2. The standard InChI is InChI=1S/C9H9N3.CH4O3S/c10-8-3-1-4-9(7-8)12-6-2-5-11-12;1-5(2,3)4/h1-7H,10H2;1H3,(H,2,3,4). The molecule has 92 valence electrons. The van der Waals surface area contributed by atoms with Gasteiger partial charge in [-0.25, -0.2) is 4.68 Å². The maximum atomic E-state index is 9.19. The van der Waals surface area contributed by atoms with Crippen molar-refractivity contribution < 1.29 is 13.0 Å². The summed E-state index contributed by atoms with van der Waals surface area (Å²) in [5.41, 5.74) is 7.36. The van der Waals surface area contributed by atoms with E-state index in [4.69, 9.17) is 10.3 Å². The first-order valence-electron chi connectivity index (χ1n) is 4.64. The van der Waals surface area contributed by atoms with Gasteiger partial charge >= 0.3 is 0 Å². The summed E-state index contributed by atoms with van der Waals surface area (Å²) in [5.74, 6) is 0. The molecule has 3 N–H and O–H groups in total. The quantitative estimate of drug-likeness (QED) is 0.584. The highest BCUT2D eigenvalue weighted by Crippen LogP contribution is 2.09. The minimum atomic E-state index is -3.67. The number of anilines is 1. The zero-order valence-corrected chi connectivity index (χ0v) is 10.0. The van der Waals surface area contributed by atoms with Crippen molar-refractivity contribution >= 4 is 15.8 Å². The van der Waals surface area contributed by atoms with Crippen LogP contribution in [-0.2, 0) is 10.1 Å². The van der Waals surface area contributed by atoms with Gasteiger partial charge in [0.05, 0.1) is 11.9 Å². The Bertz CT molecular complexity index is 556. The van der Waals surface area contributed by atoms with Crippen molar-refractivity contribution in [3.63, 3.8) is 0 Å². The molecule has 0 aliphatic rings. The van der Waals surface area contributed by atoms with E-state index in [1.807, 2.05) is 36.5 Å². The first-order chi connectivity index (χ1) is 7.86. The maximum Gasteiger partial charge on any atom is 0.261 e. The summed E-state index contributed by atoms with van der Waals surface area (Å²) >= 11 is 0. The molecule has 1 aromatic carbocycles. The van der Waals surface area contributed by atoms with Gasteiger partial charge in [0, 0.05) is 18.1 Å². The van der Waals surface area contributed by atoms with Gasteiger partial charge in [-0.3, -0.25) is 4.55 Å². The summed E-state index contributed by atoms with van der Waals surface area (Å²) in [6.07, 6.45) is 4.34. The molecule has 17 heavy (non-hydrogen) atoms.